The van der Waals surface area contributed by atoms with E-state index < -0.39 is 11.7 Å². The first kappa shape index (κ1) is 17.4. The number of halogens is 4. The summed E-state index contributed by atoms with van der Waals surface area (Å²) in [6, 6.07) is 8.47. The fraction of sp³-hybridized carbons (Fsp3) is 0.250. The number of hydroxylamine groups is 1. The highest BCUT2D eigenvalue weighted by Crippen LogP contribution is 2.37. The topological polar surface area (TPSA) is 32.7 Å². The van der Waals surface area contributed by atoms with Crippen LogP contribution in [0.15, 0.2) is 36.4 Å². The molecule has 0 unspecified atom stereocenters. The smallest absolute Gasteiger partial charge is 0.419 e. The number of benzene rings is 2. The van der Waals surface area contributed by atoms with Gasteiger partial charge in [-0.3, -0.25) is 10.3 Å². The van der Waals surface area contributed by atoms with E-state index in [2.05, 4.69) is 0 Å². The van der Waals surface area contributed by atoms with Crippen molar-refractivity contribution in [2.45, 2.75) is 19.7 Å². The van der Waals surface area contributed by atoms with Crippen molar-refractivity contribution in [3.63, 3.8) is 0 Å². The third-order valence-electron chi connectivity index (χ3n) is 3.26. The molecule has 2 aromatic rings. The lowest BCUT2D eigenvalue weighted by atomic mass is 10.1. The summed E-state index contributed by atoms with van der Waals surface area (Å²) >= 11 is 6.06. The van der Waals surface area contributed by atoms with Gasteiger partial charge < -0.3 is 4.74 Å². The van der Waals surface area contributed by atoms with Crippen LogP contribution in [0, 0.1) is 6.92 Å². The molecule has 0 amide bonds. The summed E-state index contributed by atoms with van der Waals surface area (Å²) in [5, 5.41) is 10.7. The summed E-state index contributed by atoms with van der Waals surface area (Å²) in [5.74, 6) is -0.274. The minimum atomic E-state index is -4.51. The Labute approximate surface area is 136 Å². The monoisotopic (exact) mass is 345 g/mol. The summed E-state index contributed by atoms with van der Waals surface area (Å²) in [5.41, 5.74) is 0.549. The zero-order valence-electron chi connectivity index (χ0n) is 12.5. The van der Waals surface area contributed by atoms with Crippen LogP contribution in [0.25, 0.3) is 0 Å². The normalized spacial score (nSPS) is 11.4. The van der Waals surface area contributed by atoms with E-state index in [-0.39, 0.29) is 12.4 Å². The van der Waals surface area contributed by atoms with E-state index in [0.717, 1.165) is 11.1 Å². The van der Waals surface area contributed by atoms with Gasteiger partial charge in [-0.05, 0) is 36.8 Å². The van der Waals surface area contributed by atoms with E-state index in [0.29, 0.717) is 21.8 Å². The van der Waals surface area contributed by atoms with E-state index in [9.17, 15) is 18.4 Å². The van der Waals surface area contributed by atoms with Gasteiger partial charge in [-0.15, -0.1) is 0 Å². The van der Waals surface area contributed by atoms with Gasteiger partial charge in [0.15, 0.2) is 0 Å². The van der Waals surface area contributed by atoms with Crippen LogP contribution in [0.5, 0.6) is 5.75 Å². The maximum Gasteiger partial charge on any atom is 0.419 e. The SMILES string of the molecule is Cc1ccc(C(F)(F)F)c(OCc2c(Cl)cccc2N(C)O)c1. The van der Waals surface area contributed by atoms with Gasteiger partial charge in [0, 0.05) is 17.6 Å². The molecule has 0 aliphatic heterocycles. The molecule has 0 aliphatic carbocycles. The van der Waals surface area contributed by atoms with E-state index >= 15 is 0 Å². The van der Waals surface area contributed by atoms with Gasteiger partial charge in [0.25, 0.3) is 0 Å². The van der Waals surface area contributed by atoms with Crippen molar-refractivity contribution in [2.75, 3.05) is 12.1 Å². The lowest BCUT2D eigenvalue weighted by molar-refractivity contribution is -0.139. The number of anilines is 1. The van der Waals surface area contributed by atoms with Crippen molar-refractivity contribution in [2.24, 2.45) is 0 Å². The second kappa shape index (κ2) is 6.68. The first-order chi connectivity index (χ1) is 10.7. The standard InChI is InChI=1S/C16H15ClF3NO2/c1-10-6-7-12(16(18,19)20)15(8-10)23-9-11-13(17)4-3-5-14(11)21(2)22/h3-8,22H,9H2,1-2H3. The summed E-state index contributed by atoms with van der Waals surface area (Å²) in [6.07, 6.45) is -4.51. The molecule has 7 heteroatoms. The molecule has 0 saturated heterocycles. The number of ether oxygens (including phenoxy) is 1. The van der Waals surface area contributed by atoms with Gasteiger partial charge in [-0.1, -0.05) is 23.7 Å². The Kier molecular flexibility index (Phi) is 5.06. The molecule has 0 radical (unpaired) electrons. The molecule has 23 heavy (non-hydrogen) atoms. The summed E-state index contributed by atoms with van der Waals surface area (Å²) in [6.45, 7) is 1.47. The fourth-order valence-corrected chi connectivity index (χ4v) is 2.35. The van der Waals surface area contributed by atoms with Gasteiger partial charge in [0.05, 0.1) is 11.3 Å². The largest absolute Gasteiger partial charge is 0.488 e. The van der Waals surface area contributed by atoms with Crippen LogP contribution in [0.4, 0.5) is 18.9 Å². The van der Waals surface area contributed by atoms with Gasteiger partial charge >= 0.3 is 6.18 Å². The lowest BCUT2D eigenvalue weighted by Gasteiger charge is -2.19. The summed E-state index contributed by atoms with van der Waals surface area (Å²) in [7, 11) is 1.39. The second-order valence-electron chi connectivity index (χ2n) is 5.05. The molecule has 0 bridgehead atoms. The van der Waals surface area contributed by atoms with Crippen LogP contribution >= 0.6 is 11.6 Å². The number of aryl methyl sites for hydroxylation is 1. The molecule has 0 saturated carbocycles. The zero-order valence-corrected chi connectivity index (χ0v) is 13.2. The first-order valence-corrected chi connectivity index (χ1v) is 7.08. The predicted molar refractivity (Wildman–Crippen MR) is 82.2 cm³/mol. The molecule has 0 atom stereocenters. The van der Waals surface area contributed by atoms with E-state index in [1.165, 1.54) is 19.2 Å². The van der Waals surface area contributed by atoms with Crippen molar-refractivity contribution in [1.29, 1.82) is 0 Å². The maximum atomic E-state index is 13.0. The maximum absolute atomic E-state index is 13.0. The number of rotatable bonds is 4. The van der Waals surface area contributed by atoms with Crippen molar-refractivity contribution in [3.05, 3.63) is 58.1 Å². The number of nitrogens with zero attached hydrogens (tertiary/aromatic N) is 1. The molecule has 0 aliphatic rings. The third-order valence-corrected chi connectivity index (χ3v) is 3.61. The molecular weight excluding hydrogens is 331 g/mol. The Morgan fingerprint density at radius 2 is 1.91 bits per heavy atom. The highest BCUT2D eigenvalue weighted by atomic mass is 35.5. The number of hydrogen-bond donors (Lipinski definition) is 1. The average molecular weight is 346 g/mol. The van der Waals surface area contributed by atoms with Crippen LogP contribution < -0.4 is 9.80 Å². The Hall–Kier alpha value is -1.92. The summed E-state index contributed by atoms with van der Waals surface area (Å²) < 4.78 is 44.5. The Morgan fingerprint density at radius 3 is 2.52 bits per heavy atom. The van der Waals surface area contributed by atoms with Crippen molar-refractivity contribution in [1.82, 2.24) is 0 Å². The van der Waals surface area contributed by atoms with E-state index in [1.807, 2.05) is 0 Å². The summed E-state index contributed by atoms with van der Waals surface area (Å²) in [4.78, 5) is 0. The predicted octanol–water partition coefficient (Wildman–Crippen LogP) is 5.07. The fourth-order valence-electron chi connectivity index (χ4n) is 2.13. The zero-order chi connectivity index (χ0) is 17.2. The molecule has 0 spiro atoms. The van der Waals surface area contributed by atoms with Crippen LogP contribution in [-0.4, -0.2) is 12.3 Å². The number of alkyl halides is 3. The lowest BCUT2D eigenvalue weighted by Crippen LogP contribution is -2.14. The van der Waals surface area contributed by atoms with Gasteiger partial charge in [0.1, 0.15) is 12.4 Å². The van der Waals surface area contributed by atoms with Gasteiger partial charge in [-0.25, -0.2) is 0 Å². The van der Waals surface area contributed by atoms with Gasteiger partial charge in [-0.2, -0.15) is 13.2 Å². The molecular formula is C16H15ClF3NO2. The quantitative estimate of drug-likeness (QED) is 0.785. The minimum absolute atomic E-state index is 0.202. The van der Waals surface area contributed by atoms with Crippen molar-refractivity contribution >= 4 is 17.3 Å². The minimum Gasteiger partial charge on any atom is -0.488 e. The Bertz CT molecular complexity index is 702. The molecule has 124 valence electrons. The highest BCUT2D eigenvalue weighted by molar-refractivity contribution is 6.31. The van der Waals surface area contributed by atoms with Crippen molar-refractivity contribution < 1.29 is 23.1 Å². The number of hydrogen-bond acceptors (Lipinski definition) is 3. The molecule has 1 N–H and O–H groups in total. The molecule has 2 rings (SSSR count). The van der Waals surface area contributed by atoms with E-state index in [1.54, 1.807) is 25.1 Å². The van der Waals surface area contributed by atoms with Crippen LogP contribution in [0.2, 0.25) is 5.02 Å². The van der Waals surface area contributed by atoms with Crippen LogP contribution in [0.1, 0.15) is 16.7 Å². The second-order valence-corrected chi connectivity index (χ2v) is 5.45. The van der Waals surface area contributed by atoms with Crippen LogP contribution in [0.3, 0.4) is 0 Å². The molecule has 2 aromatic carbocycles. The Balaban J connectivity index is 2.34. The third kappa shape index (κ3) is 4.09. The van der Waals surface area contributed by atoms with Gasteiger partial charge in [0.2, 0.25) is 0 Å². The molecule has 0 fully saturated rings. The van der Waals surface area contributed by atoms with Crippen LogP contribution in [-0.2, 0) is 12.8 Å². The molecule has 0 aromatic heterocycles. The average Bonchev–Trinajstić information content (AvgIpc) is 2.44. The first-order valence-electron chi connectivity index (χ1n) is 6.71. The van der Waals surface area contributed by atoms with Crippen molar-refractivity contribution in [3.8, 4) is 5.75 Å². The molecule has 0 heterocycles. The Morgan fingerprint density at radius 1 is 1.22 bits per heavy atom. The van der Waals surface area contributed by atoms with E-state index in [4.69, 9.17) is 16.3 Å². The highest BCUT2D eigenvalue weighted by Gasteiger charge is 2.34. The molecule has 3 nitrogen and oxygen atoms in total.